The van der Waals surface area contributed by atoms with Gasteiger partial charge in [-0.15, -0.1) is 11.3 Å². The molecular weight excluding hydrogens is 342 g/mol. The van der Waals surface area contributed by atoms with Gasteiger partial charge in [0, 0.05) is 18.1 Å². The smallest absolute Gasteiger partial charge is 0.275 e. The molecule has 124 valence electrons. The summed E-state index contributed by atoms with van der Waals surface area (Å²) in [4.78, 5) is 13.4. The first-order valence-electron chi connectivity index (χ1n) is 7.64. The monoisotopic (exact) mass is 359 g/mol. The van der Waals surface area contributed by atoms with Gasteiger partial charge in [-0.1, -0.05) is 6.92 Å². The molecule has 0 fully saturated rings. The maximum absolute atomic E-state index is 12.2. The highest BCUT2D eigenvalue weighted by Crippen LogP contribution is 2.39. The highest BCUT2D eigenvalue weighted by atomic mass is 32.1. The van der Waals surface area contributed by atoms with E-state index >= 15 is 0 Å². The Morgan fingerprint density at radius 1 is 1.58 bits per heavy atom. The lowest BCUT2D eigenvalue weighted by Gasteiger charge is -2.17. The van der Waals surface area contributed by atoms with Crippen molar-refractivity contribution in [2.45, 2.75) is 26.2 Å². The van der Waals surface area contributed by atoms with Crippen LogP contribution in [0, 0.1) is 17.2 Å². The van der Waals surface area contributed by atoms with Gasteiger partial charge < -0.3 is 5.32 Å². The molecule has 1 aliphatic rings. The average molecular weight is 359 g/mol. The van der Waals surface area contributed by atoms with Gasteiger partial charge in [0.1, 0.15) is 16.8 Å². The largest absolute Gasteiger partial charge is 0.323 e. The Balaban J connectivity index is 1.74. The highest BCUT2D eigenvalue weighted by molar-refractivity contribution is 7.80. The molecule has 2 aromatic rings. The number of nitriles is 1. The van der Waals surface area contributed by atoms with E-state index in [-0.39, 0.29) is 11.0 Å². The van der Waals surface area contributed by atoms with Crippen molar-refractivity contribution < 1.29 is 4.79 Å². The molecule has 0 bridgehead atoms. The molecule has 24 heavy (non-hydrogen) atoms. The number of rotatable bonds is 2. The molecule has 2 N–H and O–H groups in total. The van der Waals surface area contributed by atoms with Gasteiger partial charge in [-0.3, -0.25) is 14.8 Å². The zero-order chi connectivity index (χ0) is 17.3. The SMILES string of the molecule is C[C@@H]1CCc2c(sc(NC(=S)NC(=O)c3ccnn3C)c2C#N)C1. The molecule has 2 heterocycles. The Morgan fingerprint density at radius 3 is 3.04 bits per heavy atom. The zero-order valence-electron chi connectivity index (χ0n) is 13.4. The Bertz CT molecular complexity index is 845. The summed E-state index contributed by atoms with van der Waals surface area (Å²) in [6.07, 6.45) is 4.56. The summed E-state index contributed by atoms with van der Waals surface area (Å²) < 4.78 is 1.48. The second kappa shape index (κ2) is 6.71. The minimum absolute atomic E-state index is 0.185. The van der Waals surface area contributed by atoms with E-state index < -0.39 is 0 Å². The Morgan fingerprint density at radius 2 is 2.38 bits per heavy atom. The lowest BCUT2D eigenvalue weighted by atomic mass is 9.89. The van der Waals surface area contributed by atoms with Crippen molar-refractivity contribution in [2.24, 2.45) is 13.0 Å². The van der Waals surface area contributed by atoms with Crippen molar-refractivity contribution in [2.75, 3.05) is 5.32 Å². The number of amides is 1. The Labute approximate surface area is 149 Å². The van der Waals surface area contributed by atoms with Crippen LogP contribution in [-0.4, -0.2) is 20.8 Å². The predicted octanol–water partition coefficient (Wildman–Crippen LogP) is 2.60. The fraction of sp³-hybridized carbons (Fsp3) is 0.375. The van der Waals surface area contributed by atoms with Gasteiger partial charge in [0.15, 0.2) is 5.11 Å². The minimum atomic E-state index is -0.332. The lowest BCUT2D eigenvalue weighted by molar-refractivity contribution is 0.0968. The average Bonchev–Trinajstić information content (AvgIpc) is 3.09. The van der Waals surface area contributed by atoms with Crippen molar-refractivity contribution in [3.05, 3.63) is 34.0 Å². The summed E-state index contributed by atoms with van der Waals surface area (Å²) in [5.41, 5.74) is 2.20. The van der Waals surface area contributed by atoms with Crippen LogP contribution in [0.2, 0.25) is 0 Å². The fourth-order valence-corrected chi connectivity index (χ4v) is 4.48. The van der Waals surface area contributed by atoms with Crippen molar-refractivity contribution >= 4 is 39.6 Å². The van der Waals surface area contributed by atoms with E-state index in [1.54, 1.807) is 30.6 Å². The third-order valence-corrected chi connectivity index (χ3v) is 5.51. The van der Waals surface area contributed by atoms with Gasteiger partial charge in [-0.25, -0.2) is 0 Å². The summed E-state index contributed by atoms with van der Waals surface area (Å²) >= 11 is 6.78. The molecule has 0 radical (unpaired) electrons. The number of carbonyl (C=O) groups is 1. The first-order valence-corrected chi connectivity index (χ1v) is 8.87. The molecule has 0 saturated heterocycles. The first kappa shape index (κ1) is 16.6. The molecule has 3 rings (SSSR count). The standard InChI is InChI=1S/C16H17N5OS2/c1-9-3-4-10-11(8-17)15(24-13(10)7-9)20-16(23)19-14(22)12-5-6-18-21(12)2/h5-6,9H,3-4,7H2,1-2H3,(H2,19,20,22,23)/t9-/m1/s1. The summed E-state index contributed by atoms with van der Waals surface area (Å²) in [5.74, 6) is 0.299. The number of nitrogens with one attached hydrogen (secondary N) is 2. The maximum Gasteiger partial charge on any atom is 0.275 e. The Kier molecular flexibility index (Phi) is 4.64. The summed E-state index contributed by atoms with van der Waals surface area (Å²) in [6.45, 7) is 2.22. The molecule has 1 amide bonds. The topological polar surface area (TPSA) is 82.7 Å². The molecule has 0 aliphatic heterocycles. The van der Waals surface area contributed by atoms with Gasteiger partial charge in [-0.05, 0) is 49.0 Å². The molecule has 0 spiro atoms. The summed E-state index contributed by atoms with van der Waals surface area (Å²) in [6, 6.07) is 3.89. The van der Waals surface area contributed by atoms with Crippen LogP contribution in [0.25, 0.3) is 0 Å². The van der Waals surface area contributed by atoms with Gasteiger partial charge >= 0.3 is 0 Å². The number of carbonyl (C=O) groups excluding carboxylic acids is 1. The van der Waals surface area contributed by atoms with E-state index in [9.17, 15) is 10.1 Å². The number of anilines is 1. The van der Waals surface area contributed by atoms with E-state index in [0.29, 0.717) is 22.2 Å². The molecule has 2 aromatic heterocycles. The number of thiocarbonyl (C=S) groups is 1. The third kappa shape index (κ3) is 3.18. The van der Waals surface area contributed by atoms with E-state index in [1.807, 2.05) is 0 Å². The molecule has 0 saturated carbocycles. The number of aromatic nitrogens is 2. The van der Waals surface area contributed by atoms with Crippen LogP contribution in [-0.2, 0) is 19.9 Å². The second-order valence-electron chi connectivity index (χ2n) is 5.92. The van der Waals surface area contributed by atoms with Gasteiger partial charge in [0.2, 0.25) is 0 Å². The number of nitrogens with zero attached hydrogens (tertiary/aromatic N) is 3. The van der Waals surface area contributed by atoms with Crippen molar-refractivity contribution in [1.29, 1.82) is 5.26 Å². The number of aryl methyl sites for hydroxylation is 1. The molecular formula is C16H17N5OS2. The van der Waals surface area contributed by atoms with Gasteiger partial charge in [0.25, 0.3) is 5.91 Å². The van der Waals surface area contributed by atoms with E-state index in [4.69, 9.17) is 12.2 Å². The number of fused-ring (bicyclic) bond motifs is 1. The van der Waals surface area contributed by atoms with Crippen LogP contribution in [0.15, 0.2) is 12.3 Å². The fourth-order valence-electron chi connectivity index (χ4n) is 2.86. The second-order valence-corrected chi connectivity index (χ2v) is 7.43. The highest BCUT2D eigenvalue weighted by Gasteiger charge is 2.24. The van der Waals surface area contributed by atoms with Crippen LogP contribution >= 0.6 is 23.6 Å². The van der Waals surface area contributed by atoms with E-state index in [0.717, 1.165) is 24.8 Å². The molecule has 1 aliphatic carbocycles. The van der Waals surface area contributed by atoms with Crippen LogP contribution in [0.5, 0.6) is 0 Å². The van der Waals surface area contributed by atoms with Crippen molar-refractivity contribution in [3.8, 4) is 6.07 Å². The van der Waals surface area contributed by atoms with Gasteiger partial charge in [-0.2, -0.15) is 10.4 Å². The molecule has 8 heteroatoms. The van der Waals surface area contributed by atoms with Crippen molar-refractivity contribution in [1.82, 2.24) is 15.1 Å². The van der Waals surface area contributed by atoms with Crippen molar-refractivity contribution in [3.63, 3.8) is 0 Å². The molecule has 0 unspecified atom stereocenters. The van der Waals surface area contributed by atoms with Crippen LogP contribution in [0.1, 0.15) is 39.8 Å². The van der Waals surface area contributed by atoms with Crippen LogP contribution in [0.3, 0.4) is 0 Å². The quantitative estimate of drug-likeness (QED) is 0.806. The normalized spacial score (nSPS) is 16.1. The summed E-state index contributed by atoms with van der Waals surface area (Å²) in [5, 5.41) is 20.0. The molecule has 6 nitrogen and oxygen atoms in total. The number of hydrogen-bond donors (Lipinski definition) is 2. The van der Waals surface area contributed by atoms with Crippen LogP contribution in [0.4, 0.5) is 5.00 Å². The third-order valence-electron chi connectivity index (χ3n) is 4.13. The lowest BCUT2D eigenvalue weighted by Crippen LogP contribution is -2.35. The number of hydrogen-bond acceptors (Lipinski definition) is 5. The minimum Gasteiger partial charge on any atom is -0.323 e. The first-order chi connectivity index (χ1) is 11.5. The predicted molar refractivity (Wildman–Crippen MR) is 97.1 cm³/mol. The van der Waals surface area contributed by atoms with E-state index in [1.165, 1.54) is 9.56 Å². The zero-order valence-corrected chi connectivity index (χ0v) is 15.1. The Hall–Kier alpha value is -2.24. The summed E-state index contributed by atoms with van der Waals surface area (Å²) in [7, 11) is 1.69. The van der Waals surface area contributed by atoms with E-state index in [2.05, 4.69) is 28.7 Å². The number of thiophene rings is 1. The molecule has 1 atom stereocenters. The van der Waals surface area contributed by atoms with Gasteiger partial charge in [0.05, 0.1) is 5.56 Å². The maximum atomic E-state index is 12.2. The molecule has 0 aromatic carbocycles. The van der Waals surface area contributed by atoms with Crippen LogP contribution < -0.4 is 10.6 Å².